The largest absolute Gasteiger partial charge is 0.352 e. The number of carbonyl (C=O) groups excluding carboxylic acids is 2. The molecule has 1 aromatic carbocycles. The molecule has 1 aliphatic rings. The Hall–Kier alpha value is -2.35. The predicted octanol–water partition coefficient (Wildman–Crippen LogP) is 3.29. The number of rotatable bonds is 9. The van der Waals surface area contributed by atoms with Gasteiger partial charge in [0.25, 0.3) is 5.91 Å². The van der Waals surface area contributed by atoms with E-state index >= 15 is 0 Å². The highest BCUT2D eigenvalue weighted by Crippen LogP contribution is 2.39. The number of anilines is 1. The lowest BCUT2D eigenvalue weighted by Gasteiger charge is -2.12. The van der Waals surface area contributed by atoms with Gasteiger partial charge >= 0.3 is 0 Å². The van der Waals surface area contributed by atoms with E-state index in [1.807, 2.05) is 13.8 Å². The van der Waals surface area contributed by atoms with E-state index in [9.17, 15) is 9.59 Å². The number of nitrogens with zero attached hydrogens (tertiary/aromatic N) is 3. The maximum atomic E-state index is 12.5. The summed E-state index contributed by atoms with van der Waals surface area (Å²) in [5.41, 5.74) is 0.985. The van der Waals surface area contributed by atoms with Crippen LogP contribution in [0.4, 0.5) is 5.69 Å². The first kappa shape index (κ1) is 20.4. The number of para-hydroxylation sites is 1. The molecule has 0 saturated heterocycles. The molecule has 2 N–H and O–H groups in total. The summed E-state index contributed by atoms with van der Waals surface area (Å²) in [5, 5.41) is 15.0. The molecular weight excluding hydrogens is 374 g/mol. The van der Waals surface area contributed by atoms with Gasteiger partial charge in [-0.3, -0.25) is 9.59 Å². The molecule has 0 bridgehead atoms. The molecule has 1 saturated carbocycles. The Morgan fingerprint density at radius 1 is 1.25 bits per heavy atom. The van der Waals surface area contributed by atoms with Gasteiger partial charge in [0.2, 0.25) is 5.91 Å². The lowest BCUT2D eigenvalue weighted by Crippen LogP contribution is -2.28. The Bertz CT molecular complexity index is 845. The fraction of sp³-hybridized carbons (Fsp3) is 0.500. The second-order valence-electron chi connectivity index (χ2n) is 7.35. The summed E-state index contributed by atoms with van der Waals surface area (Å²) < 4.78 is 2.09. The summed E-state index contributed by atoms with van der Waals surface area (Å²) in [7, 11) is 0. The zero-order chi connectivity index (χ0) is 20.1. The zero-order valence-electron chi connectivity index (χ0n) is 16.6. The molecular formula is C20H27N5O2S. The average Bonchev–Trinajstić information content (AvgIpc) is 3.44. The number of aromatic nitrogens is 3. The van der Waals surface area contributed by atoms with Gasteiger partial charge < -0.3 is 15.2 Å². The monoisotopic (exact) mass is 401 g/mol. The Morgan fingerprint density at radius 3 is 2.68 bits per heavy atom. The van der Waals surface area contributed by atoms with Gasteiger partial charge in [0, 0.05) is 19.0 Å². The number of hydrogen-bond acceptors (Lipinski definition) is 5. The normalized spacial score (nSPS) is 13.6. The number of hydrogen-bond donors (Lipinski definition) is 2. The number of benzene rings is 1. The summed E-state index contributed by atoms with van der Waals surface area (Å²) >= 11 is 1.37. The number of nitrogens with one attached hydrogen (secondary N) is 2. The van der Waals surface area contributed by atoms with Crippen LogP contribution in [0.3, 0.4) is 0 Å². The summed E-state index contributed by atoms with van der Waals surface area (Å²) in [4.78, 5) is 24.9. The van der Waals surface area contributed by atoms with Crippen molar-refractivity contribution < 1.29 is 9.59 Å². The van der Waals surface area contributed by atoms with E-state index in [2.05, 4.69) is 32.3 Å². The molecule has 0 spiro atoms. The lowest BCUT2D eigenvalue weighted by molar-refractivity contribution is -0.113. The first-order valence-electron chi connectivity index (χ1n) is 9.72. The Labute approximate surface area is 169 Å². The Morgan fingerprint density at radius 2 is 2.00 bits per heavy atom. The van der Waals surface area contributed by atoms with E-state index < -0.39 is 0 Å². The second-order valence-corrected chi connectivity index (χ2v) is 8.29. The van der Waals surface area contributed by atoms with Crippen molar-refractivity contribution in [3.05, 3.63) is 35.7 Å². The van der Waals surface area contributed by atoms with Crippen molar-refractivity contribution in [2.45, 2.75) is 51.2 Å². The van der Waals surface area contributed by atoms with Gasteiger partial charge in [-0.05, 0) is 37.8 Å². The van der Waals surface area contributed by atoms with Crippen molar-refractivity contribution in [2.75, 3.05) is 17.6 Å². The minimum Gasteiger partial charge on any atom is -0.352 e. The van der Waals surface area contributed by atoms with E-state index in [1.165, 1.54) is 24.6 Å². The second kappa shape index (κ2) is 9.23. The van der Waals surface area contributed by atoms with Gasteiger partial charge in [0.1, 0.15) is 5.82 Å². The molecule has 1 aliphatic carbocycles. The Kier molecular flexibility index (Phi) is 6.72. The van der Waals surface area contributed by atoms with Gasteiger partial charge in [0.05, 0.1) is 17.0 Å². The van der Waals surface area contributed by atoms with Crippen LogP contribution in [0.1, 0.15) is 55.7 Å². The molecule has 8 heteroatoms. The van der Waals surface area contributed by atoms with E-state index in [1.54, 1.807) is 24.3 Å². The quantitative estimate of drug-likeness (QED) is 0.630. The van der Waals surface area contributed by atoms with Gasteiger partial charge in [0.15, 0.2) is 5.16 Å². The van der Waals surface area contributed by atoms with Crippen molar-refractivity contribution >= 4 is 29.3 Å². The number of thioether (sulfide) groups is 1. The number of carbonyl (C=O) groups is 2. The predicted molar refractivity (Wildman–Crippen MR) is 111 cm³/mol. The van der Waals surface area contributed by atoms with Crippen molar-refractivity contribution in [1.82, 2.24) is 20.1 Å². The van der Waals surface area contributed by atoms with Gasteiger partial charge in [-0.15, -0.1) is 10.2 Å². The van der Waals surface area contributed by atoms with Crippen LogP contribution in [0.25, 0.3) is 0 Å². The van der Waals surface area contributed by atoms with Crippen molar-refractivity contribution in [2.24, 2.45) is 5.92 Å². The van der Waals surface area contributed by atoms with E-state index in [-0.39, 0.29) is 17.6 Å². The first-order chi connectivity index (χ1) is 13.5. The van der Waals surface area contributed by atoms with Crippen molar-refractivity contribution in [1.29, 1.82) is 0 Å². The topological polar surface area (TPSA) is 88.9 Å². The van der Waals surface area contributed by atoms with Crippen LogP contribution >= 0.6 is 11.8 Å². The molecule has 0 atom stereocenters. The molecule has 1 fully saturated rings. The summed E-state index contributed by atoms with van der Waals surface area (Å²) in [6.07, 6.45) is 2.33. The first-order valence-corrected chi connectivity index (χ1v) is 10.7. The van der Waals surface area contributed by atoms with Crippen LogP contribution in [-0.4, -0.2) is 38.9 Å². The highest BCUT2D eigenvalue weighted by molar-refractivity contribution is 7.99. The molecule has 0 unspecified atom stereocenters. The molecule has 1 aromatic heterocycles. The number of amides is 2. The van der Waals surface area contributed by atoms with Crippen LogP contribution < -0.4 is 10.6 Å². The molecule has 3 rings (SSSR count). The van der Waals surface area contributed by atoms with Crippen LogP contribution in [0, 0.1) is 5.92 Å². The molecule has 0 radical (unpaired) electrons. The highest BCUT2D eigenvalue weighted by Gasteiger charge is 2.30. The molecule has 2 amide bonds. The third-order valence-electron chi connectivity index (χ3n) is 4.45. The van der Waals surface area contributed by atoms with Crippen molar-refractivity contribution in [3.63, 3.8) is 0 Å². The maximum absolute atomic E-state index is 12.5. The smallest absolute Gasteiger partial charge is 0.253 e. The molecule has 150 valence electrons. The lowest BCUT2D eigenvalue weighted by atomic mass is 10.1. The average molecular weight is 402 g/mol. The van der Waals surface area contributed by atoms with Crippen LogP contribution in [0.15, 0.2) is 29.4 Å². The fourth-order valence-electron chi connectivity index (χ4n) is 2.85. The summed E-state index contributed by atoms with van der Waals surface area (Å²) in [6, 6.07) is 7.05. The minimum absolute atomic E-state index is 0.173. The van der Waals surface area contributed by atoms with Crippen molar-refractivity contribution in [3.8, 4) is 0 Å². The molecule has 28 heavy (non-hydrogen) atoms. The standard InChI is InChI=1S/C20H27N5O2S/c1-4-25-18(14-9-10-14)23-24-20(25)28-12-17(26)22-16-8-6-5-7-15(16)19(27)21-11-13(2)3/h5-8,13-14H,4,9-12H2,1-3H3,(H,21,27)(H,22,26). The molecule has 0 aliphatic heterocycles. The van der Waals surface area contributed by atoms with Gasteiger partial charge in [-0.25, -0.2) is 0 Å². The van der Waals surface area contributed by atoms with Crippen LogP contribution in [0.2, 0.25) is 0 Å². The molecule has 7 nitrogen and oxygen atoms in total. The van der Waals surface area contributed by atoms with Gasteiger partial charge in [-0.1, -0.05) is 37.7 Å². The molecule has 2 aromatic rings. The summed E-state index contributed by atoms with van der Waals surface area (Å²) in [5.74, 6) is 1.76. The molecule has 1 heterocycles. The van der Waals surface area contributed by atoms with E-state index in [4.69, 9.17) is 0 Å². The van der Waals surface area contributed by atoms with Crippen LogP contribution in [0.5, 0.6) is 0 Å². The van der Waals surface area contributed by atoms with E-state index in [0.717, 1.165) is 17.5 Å². The zero-order valence-corrected chi connectivity index (χ0v) is 17.4. The third kappa shape index (κ3) is 5.13. The van der Waals surface area contributed by atoms with Gasteiger partial charge in [-0.2, -0.15) is 0 Å². The minimum atomic E-state index is -0.183. The van der Waals surface area contributed by atoms with E-state index in [0.29, 0.717) is 29.6 Å². The third-order valence-corrected chi connectivity index (χ3v) is 5.42. The maximum Gasteiger partial charge on any atom is 0.253 e. The fourth-order valence-corrected chi connectivity index (χ4v) is 3.66. The highest BCUT2D eigenvalue weighted by atomic mass is 32.2. The van der Waals surface area contributed by atoms with Crippen LogP contribution in [-0.2, 0) is 11.3 Å². The SMILES string of the molecule is CCn1c(SCC(=O)Nc2ccccc2C(=O)NCC(C)C)nnc1C1CC1. The Balaban J connectivity index is 1.60. The summed E-state index contributed by atoms with van der Waals surface area (Å²) in [6.45, 7) is 7.52.